The predicted octanol–water partition coefficient (Wildman–Crippen LogP) is 3.15. The Bertz CT molecular complexity index is 377. The minimum Gasteiger partial charge on any atom is -0.488 e. The summed E-state index contributed by atoms with van der Waals surface area (Å²) in [7, 11) is 1.70. The fourth-order valence-corrected chi connectivity index (χ4v) is 1.99. The maximum Gasteiger partial charge on any atom is 0.127 e. The second-order valence-electron chi connectivity index (χ2n) is 5.47. The summed E-state index contributed by atoms with van der Waals surface area (Å²) < 4.78 is 11.1. The van der Waals surface area contributed by atoms with Crippen LogP contribution >= 0.6 is 0 Å². The SMILES string of the molecule is COCC(C)Oc1c(C)cccc1CNCC(C)C. The van der Waals surface area contributed by atoms with Crippen LogP contribution in [-0.4, -0.2) is 26.4 Å². The summed E-state index contributed by atoms with van der Waals surface area (Å²) in [5, 5.41) is 3.46. The van der Waals surface area contributed by atoms with E-state index >= 15 is 0 Å². The first-order valence-electron chi connectivity index (χ1n) is 6.99. The highest BCUT2D eigenvalue weighted by atomic mass is 16.5. The molecule has 1 aromatic rings. The van der Waals surface area contributed by atoms with E-state index in [0.717, 1.165) is 18.8 Å². The maximum atomic E-state index is 6.01. The van der Waals surface area contributed by atoms with Gasteiger partial charge in [0.25, 0.3) is 0 Å². The van der Waals surface area contributed by atoms with Crippen LogP contribution in [0.1, 0.15) is 31.9 Å². The highest BCUT2D eigenvalue weighted by Gasteiger charge is 2.11. The smallest absolute Gasteiger partial charge is 0.127 e. The van der Waals surface area contributed by atoms with Crippen molar-refractivity contribution < 1.29 is 9.47 Å². The Kier molecular flexibility index (Phi) is 6.89. The fourth-order valence-electron chi connectivity index (χ4n) is 1.99. The number of nitrogens with one attached hydrogen (secondary N) is 1. The van der Waals surface area contributed by atoms with E-state index in [-0.39, 0.29) is 6.10 Å². The van der Waals surface area contributed by atoms with Gasteiger partial charge in [0.1, 0.15) is 11.9 Å². The van der Waals surface area contributed by atoms with Gasteiger partial charge in [0, 0.05) is 19.2 Å². The van der Waals surface area contributed by atoms with E-state index in [0.29, 0.717) is 12.5 Å². The average molecular weight is 265 g/mol. The molecule has 0 aromatic heterocycles. The second kappa shape index (κ2) is 8.18. The Balaban J connectivity index is 2.71. The molecule has 1 atom stereocenters. The molecule has 19 heavy (non-hydrogen) atoms. The van der Waals surface area contributed by atoms with E-state index < -0.39 is 0 Å². The van der Waals surface area contributed by atoms with E-state index in [1.165, 1.54) is 11.1 Å². The molecule has 0 aliphatic heterocycles. The first kappa shape index (κ1) is 16.0. The first-order valence-corrected chi connectivity index (χ1v) is 6.99. The molecule has 1 rings (SSSR count). The number of benzene rings is 1. The minimum absolute atomic E-state index is 0.0648. The molecule has 1 aromatic carbocycles. The van der Waals surface area contributed by atoms with E-state index in [2.05, 4.69) is 44.3 Å². The molecule has 0 aliphatic rings. The largest absolute Gasteiger partial charge is 0.488 e. The molecule has 0 spiro atoms. The molecule has 108 valence electrons. The van der Waals surface area contributed by atoms with Crippen LogP contribution in [0.15, 0.2) is 18.2 Å². The van der Waals surface area contributed by atoms with Crippen molar-refractivity contribution in [2.24, 2.45) is 5.92 Å². The van der Waals surface area contributed by atoms with Crippen molar-refractivity contribution in [3.05, 3.63) is 29.3 Å². The van der Waals surface area contributed by atoms with Crippen LogP contribution in [0.25, 0.3) is 0 Å². The number of hydrogen-bond acceptors (Lipinski definition) is 3. The van der Waals surface area contributed by atoms with Crippen molar-refractivity contribution in [1.29, 1.82) is 0 Å². The maximum absolute atomic E-state index is 6.01. The highest BCUT2D eigenvalue weighted by Crippen LogP contribution is 2.24. The number of para-hydroxylation sites is 1. The molecule has 1 N–H and O–H groups in total. The summed E-state index contributed by atoms with van der Waals surface area (Å²) in [6.07, 6.45) is 0.0648. The quantitative estimate of drug-likeness (QED) is 0.783. The third-order valence-electron chi connectivity index (χ3n) is 2.88. The van der Waals surface area contributed by atoms with Gasteiger partial charge in [0.2, 0.25) is 0 Å². The van der Waals surface area contributed by atoms with Gasteiger partial charge in [0.15, 0.2) is 0 Å². The third-order valence-corrected chi connectivity index (χ3v) is 2.88. The Morgan fingerprint density at radius 2 is 1.95 bits per heavy atom. The van der Waals surface area contributed by atoms with E-state index in [1.54, 1.807) is 7.11 Å². The molecule has 0 radical (unpaired) electrons. The monoisotopic (exact) mass is 265 g/mol. The van der Waals surface area contributed by atoms with Crippen LogP contribution in [0.5, 0.6) is 5.75 Å². The van der Waals surface area contributed by atoms with Crippen molar-refractivity contribution in [3.8, 4) is 5.75 Å². The van der Waals surface area contributed by atoms with Crippen molar-refractivity contribution in [2.45, 2.75) is 40.3 Å². The summed E-state index contributed by atoms with van der Waals surface area (Å²) in [4.78, 5) is 0. The predicted molar refractivity (Wildman–Crippen MR) is 79.7 cm³/mol. The van der Waals surface area contributed by atoms with Gasteiger partial charge in [-0.15, -0.1) is 0 Å². The fraction of sp³-hybridized carbons (Fsp3) is 0.625. The molecule has 0 saturated carbocycles. The lowest BCUT2D eigenvalue weighted by Gasteiger charge is -2.19. The van der Waals surface area contributed by atoms with Gasteiger partial charge in [-0.25, -0.2) is 0 Å². The molecule has 3 nitrogen and oxygen atoms in total. The molecule has 3 heteroatoms. The van der Waals surface area contributed by atoms with Crippen LogP contribution in [0.4, 0.5) is 0 Å². The average Bonchev–Trinajstić information content (AvgIpc) is 2.33. The van der Waals surface area contributed by atoms with Crippen LogP contribution in [0, 0.1) is 12.8 Å². The van der Waals surface area contributed by atoms with Crippen molar-refractivity contribution in [1.82, 2.24) is 5.32 Å². The number of aryl methyl sites for hydroxylation is 1. The topological polar surface area (TPSA) is 30.5 Å². The highest BCUT2D eigenvalue weighted by molar-refractivity contribution is 5.40. The first-order chi connectivity index (χ1) is 9.04. The summed E-state index contributed by atoms with van der Waals surface area (Å²) in [5.74, 6) is 1.64. The Morgan fingerprint density at radius 1 is 1.21 bits per heavy atom. The third kappa shape index (κ3) is 5.62. The Hall–Kier alpha value is -1.06. The molecular formula is C16H27NO2. The number of ether oxygens (including phenoxy) is 2. The minimum atomic E-state index is 0.0648. The zero-order valence-electron chi connectivity index (χ0n) is 12.8. The van der Waals surface area contributed by atoms with Gasteiger partial charge in [-0.05, 0) is 31.9 Å². The normalized spacial score (nSPS) is 12.7. The molecule has 0 heterocycles. The summed E-state index contributed by atoms with van der Waals surface area (Å²) >= 11 is 0. The lowest BCUT2D eigenvalue weighted by molar-refractivity contribution is 0.0908. The standard InChI is InChI=1S/C16H27NO2/c1-12(2)9-17-10-15-8-6-7-13(3)16(15)19-14(4)11-18-5/h6-8,12,14,17H,9-11H2,1-5H3. The molecule has 0 aliphatic carbocycles. The van der Waals surface area contributed by atoms with E-state index in [9.17, 15) is 0 Å². The van der Waals surface area contributed by atoms with Gasteiger partial charge in [0.05, 0.1) is 6.61 Å². The van der Waals surface area contributed by atoms with Crippen LogP contribution in [0.2, 0.25) is 0 Å². The van der Waals surface area contributed by atoms with Crippen molar-refractivity contribution in [2.75, 3.05) is 20.3 Å². The summed E-state index contributed by atoms with van der Waals surface area (Å²) in [6.45, 7) is 11.0. The molecule has 1 unspecified atom stereocenters. The van der Waals surface area contributed by atoms with Gasteiger partial charge in [-0.2, -0.15) is 0 Å². The van der Waals surface area contributed by atoms with Crippen LogP contribution < -0.4 is 10.1 Å². The van der Waals surface area contributed by atoms with E-state index in [1.807, 2.05) is 6.92 Å². The van der Waals surface area contributed by atoms with Gasteiger partial charge >= 0.3 is 0 Å². The molecular weight excluding hydrogens is 238 g/mol. The van der Waals surface area contributed by atoms with Crippen LogP contribution in [0.3, 0.4) is 0 Å². The zero-order chi connectivity index (χ0) is 14.3. The Labute approximate surface area is 117 Å². The number of methoxy groups -OCH3 is 1. The van der Waals surface area contributed by atoms with Gasteiger partial charge in [-0.3, -0.25) is 0 Å². The second-order valence-corrected chi connectivity index (χ2v) is 5.47. The molecule has 0 saturated heterocycles. The number of hydrogen-bond donors (Lipinski definition) is 1. The number of rotatable bonds is 8. The van der Waals surface area contributed by atoms with E-state index in [4.69, 9.17) is 9.47 Å². The molecule has 0 amide bonds. The lowest BCUT2D eigenvalue weighted by Crippen LogP contribution is -2.22. The molecule has 0 bridgehead atoms. The van der Waals surface area contributed by atoms with Crippen molar-refractivity contribution in [3.63, 3.8) is 0 Å². The molecule has 0 fully saturated rings. The van der Waals surface area contributed by atoms with Crippen LogP contribution in [-0.2, 0) is 11.3 Å². The van der Waals surface area contributed by atoms with Crippen molar-refractivity contribution >= 4 is 0 Å². The summed E-state index contributed by atoms with van der Waals surface area (Å²) in [5.41, 5.74) is 2.38. The lowest BCUT2D eigenvalue weighted by atomic mass is 10.1. The Morgan fingerprint density at radius 3 is 2.58 bits per heavy atom. The van der Waals surface area contributed by atoms with Gasteiger partial charge < -0.3 is 14.8 Å². The zero-order valence-corrected chi connectivity index (χ0v) is 12.8. The summed E-state index contributed by atoms with van der Waals surface area (Å²) in [6, 6.07) is 6.28. The van der Waals surface area contributed by atoms with Gasteiger partial charge in [-0.1, -0.05) is 32.0 Å².